The second-order valence-electron chi connectivity index (χ2n) is 4.87. The quantitative estimate of drug-likeness (QED) is 0.844. The Morgan fingerprint density at radius 1 is 1.19 bits per heavy atom. The molecule has 0 amide bonds. The van der Waals surface area contributed by atoms with E-state index in [1.165, 1.54) is 0 Å². The molecule has 5 heteroatoms. The van der Waals surface area contributed by atoms with Crippen LogP contribution in [0.2, 0.25) is 0 Å². The molecule has 1 aromatic heterocycles. The molecule has 0 aliphatic carbocycles. The van der Waals surface area contributed by atoms with Gasteiger partial charge in [0.2, 0.25) is 5.95 Å². The topological polar surface area (TPSA) is 50.3 Å². The van der Waals surface area contributed by atoms with E-state index >= 15 is 0 Å². The predicted octanol–water partition coefficient (Wildman–Crippen LogP) is 3.47. The van der Waals surface area contributed by atoms with Crippen molar-refractivity contribution >= 4 is 17.5 Å². The molecule has 1 heterocycles. The number of nitrogens with one attached hydrogen (secondary N) is 1. The summed E-state index contributed by atoms with van der Waals surface area (Å²) in [6.07, 6.45) is 4.07. The van der Waals surface area contributed by atoms with Crippen molar-refractivity contribution in [1.82, 2.24) is 9.97 Å². The fourth-order valence-corrected chi connectivity index (χ4v) is 1.92. The molecule has 2 aromatic rings. The average Bonchev–Trinajstić information content (AvgIpc) is 2.53. The van der Waals surface area contributed by atoms with Crippen LogP contribution in [0, 0.1) is 0 Å². The number of hydrogen-bond acceptors (Lipinski definition) is 5. The van der Waals surface area contributed by atoms with Gasteiger partial charge in [0, 0.05) is 25.5 Å². The predicted molar refractivity (Wildman–Crippen MR) is 86.5 cm³/mol. The lowest BCUT2D eigenvalue weighted by Gasteiger charge is -2.17. The van der Waals surface area contributed by atoms with E-state index in [1.807, 2.05) is 37.4 Å². The van der Waals surface area contributed by atoms with Gasteiger partial charge >= 0.3 is 0 Å². The van der Waals surface area contributed by atoms with Crippen molar-refractivity contribution in [2.24, 2.45) is 0 Å². The van der Waals surface area contributed by atoms with Gasteiger partial charge in [-0.15, -0.1) is 0 Å². The highest BCUT2D eigenvalue weighted by molar-refractivity contribution is 5.57. The van der Waals surface area contributed by atoms with E-state index in [2.05, 4.69) is 27.1 Å². The van der Waals surface area contributed by atoms with E-state index in [0.29, 0.717) is 0 Å². The number of hydrogen-bond donors (Lipinski definition) is 1. The minimum atomic E-state index is 0.738. The van der Waals surface area contributed by atoms with Crippen LogP contribution < -0.4 is 15.0 Å². The fraction of sp³-hybridized carbons (Fsp3) is 0.375. The number of unbranched alkanes of at least 4 members (excludes halogenated alkanes) is 1. The van der Waals surface area contributed by atoms with Crippen molar-refractivity contribution in [3.05, 3.63) is 36.5 Å². The summed E-state index contributed by atoms with van der Waals surface area (Å²) in [6, 6.07) is 9.61. The number of methoxy groups -OCH3 is 1. The monoisotopic (exact) mass is 286 g/mol. The standard InChI is InChI=1S/C16H22N4O/c1-4-5-12-20(2)16-17-11-10-15(19-16)18-13-6-8-14(21-3)9-7-13/h6-11H,4-5,12H2,1-3H3,(H,17,18,19). The molecule has 0 atom stereocenters. The lowest BCUT2D eigenvalue weighted by molar-refractivity contribution is 0.415. The first-order chi connectivity index (χ1) is 10.2. The summed E-state index contributed by atoms with van der Waals surface area (Å²) in [6.45, 7) is 3.14. The summed E-state index contributed by atoms with van der Waals surface area (Å²) in [5, 5.41) is 3.27. The van der Waals surface area contributed by atoms with Crippen LogP contribution in [0.5, 0.6) is 5.75 Å². The van der Waals surface area contributed by atoms with Gasteiger partial charge in [0.25, 0.3) is 0 Å². The van der Waals surface area contributed by atoms with Gasteiger partial charge in [-0.1, -0.05) is 13.3 Å². The van der Waals surface area contributed by atoms with Crippen LogP contribution in [0.25, 0.3) is 0 Å². The molecule has 1 aromatic carbocycles. The minimum absolute atomic E-state index is 0.738. The first-order valence-corrected chi connectivity index (χ1v) is 7.18. The van der Waals surface area contributed by atoms with E-state index in [4.69, 9.17) is 4.74 Å². The third kappa shape index (κ3) is 4.34. The minimum Gasteiger partial charge on any atom is -0.497 e. The summed E-state index contributed by atoms with van der Waals surface area (Å²) in [7, 11) is 3.67. The Morgan fingerprint density at radius 3 is 2.62 bits per heavy atom. The molecular formula is C16H22N4O. The van der Waals surface area contributed by atoms with Gasteiger partial charge in [0.1, 0.15) is 11.6 Å². The first kappa shape index (κ1) is 15.1. The summed E-state index contributed by atoms with van der Waals surface area (Å²) >= 11 is 0. The van der Waals surface area contributed by atoms with Crippen LogP contribution in [0.4, 0.5) is 17.5 Å². The second-order valence-corrected chi connectivity index (χ2v) is 4.87. The largest absolute Gasteiger partial charge is 0.497 e. The third-order valence-corrected chi connectivity index (χ3v) is 3.19. The molecule has 0 aliphatic rings. The Labute approximate surface area is 126 Å². The zero-order valence-corrected chi connectivity index (χ0v) is 12.8. The molecule has 0 radical (unpaired) electrons. The van der Waals surface area contributed by atoms with Crippen molar-refractivity contribution < 1.29 is 4.74 Å². The Hall–Kier alpha value is -2.30. The number of benzene rings is 1. The molecule has 5 nitrogen and oxygen atoms in total. The number of rotatable bonds is 7. The summed E-state index contributed by atoms with van der Waals surface area (Å²) in [5.41, 5.74) is 0.969. The molecule has 0 unspecified atom stereocenters. The van der Waals surface area contributed by atoms with E-state index in [0.717, 1.165) is 42.6 Å². The Balaban J connectivity index is 2.06. The van der Waals surface area contributed by atoms with Gasteiger partial charge < -0.3 is 15.0 Å². The van der Waals surface area contributed by atoms with Crippen LogP contribution in [-0.2, 0) is 0 Å². The van der Waals surface area contributed by atoms with Gasteiger partial charge in [-0.25, -0.2) is 4.98 Å². The SMILES string of the molecule is CCCCN(C)c1nccc(Nc2ccc(OC)cc2)n1. The number of nitrogens with zero attached hydrogens (tertiary/aromatic N) is 3. The molecule has 2 rings (SSSR count). The highest BCUT2D eigenvalue weighted by atomic mass is 16.5. The summed E-state index contributed by atoms with van der Waals surface area (Å²) < 4.78 is 5.15. The fourth-order valence-electron chi connectivity index (χ4n) is 1.92. The zero-order chi connectivity index (χ0) is 15.1. The van der Waals surface area contributed by atoms with Crippen LogP contribution >= 0.6 is 0 Å². The zero-order valence-electron chi connectivity index (χ0n) is 12.8. The Kier molecular flexibility index (Phi) is 5.37. The summed E-state index contributed by atoms with van der Waals surface area (Å²) in [5.74, 6) is 2.36. The smallest absolute Gasteiger partial charge is 0.227 e. The Morgan fingerprint density at radius 2 is 1.95 bits per heavy atom. The average molecular weight is 286 g/mol. The van der Waals surface area contributed by atoms with Crippen molar-refractivity contribution in [3.63, 3.8) is 0 Å². The van der Waals surface area contributed by atoms with E-state index < -0.39 is 0 Å². The molecule has 0 spiro atoms. The molecule has 1 N–H and O–H groups in total. The maximum atomic E-state index is 5.15. The van der Waals surface area contributed by atoms with Gasteiger partial charge in [0.15, 0.2) is 0 Å². The van der Waals surface area contributed by atoms with E-state index in [9.17, 15) is 0 Å². The van der Waals surface area contributed by atoms with Crippen LogP contribution in [0.1, 0.15) is 19.8 Å². The molecule has 0 aliphatic heterocycles. The highest BCUT2D eigenvalue weighted by Gasteiger charge is 2.05. The Bertz CT molecular complexity index is 556. The molecule has 0 saturated carbocycles. The van der Waals surface area contributed by atoms with Crippen molar-refractivity contribution in [3.8, 4) is 5.75 Å². The number of aromatic nitrogens is 2. The lowest BCUT2D eigenvalue weighted by atomic mass is 10.3. The maximum Gasteiger partial charge on any atom is 0.227 e. The van der Waals surface area contributed by atoms with Crippen molar-refractivity contribution in [1.29, 1.82) is 0 Å². The third-order valence-electron chi connectivity index (χ3n) is 3.19. The number of ether oxygens (including phenoxy) is 1. The van der Waals surface area contributed by atoms with Crippen LogP contribution in [-0.4, -0.2) is 30.7 Å². The number of anilines is 3. The molecule has 0 bridgehead atoms. The van der Waals surface area contributed by atoms with Gasteiger partial charge in [0.05, 0.1) is 7.11 Å². The molecule has 0 saturated heterocycles. The normalized spacial score (nSPS) is 10.2. The van der Waals surface area contributed by atoms with Crippen LogP contribution in [0.3, 0.4) is 0 Å². The lowest BCUT2D eigenvalue weighted by Crippen LogP contribution is -2.21. The van der Waals surface area contributed by atoms with E-state index in [1.54, 1.807) is 13.3 Å². The summed E-state index contributed by atoms with van der Waals surface area (Å²) in [4.78, 5) is 10.9. The maximum absolute atomic E-state index is 5.15. The first-order valence-electron chi connectivity index (χ1n) is 7.18. The molecule has 112 valence electrons. The molecule has 0 fully saturated rings. The van der Waals surface area contributed by atoms with Gasteiger partial charge in [-0.05, 0) is 36.8 Å². The van der Waals surface area contributed by atoms with Crippen molar-refractivity contribution in [2.75, 3.05) is 30.9 Å². The van der Waals surface area contributed by atoms with Crippen LogP contribution in [0.15, 0.2) is 36.5 Å². The van der Waals surface area contributed by atoms with Crippen molar-refractivity contribution in [2.45, 2.75) is 19.8 Å². The molecular weight excluding hydrogens is 264 g/mol. The highest BCUT2D eigenvalue weighted by Crippen LogP contribution is 2.19. The van der Waals surface area contributed by atoms with Gasteiger partial charge in [-0.2, -0.15) is 4.98 Å². The molecule has 21 heavy (non-hydrogen) atoms. The van der Waals surface area contributed by atoms with Gasteiger partial charge in [-0.3, -0.25) is 0 Å². The van der Waals surface area contributed by atoms with E-state index in [-0.39, 0.29) is 0 Å². The second kappa shape index (κ2) is 7.47.